The van der Waals surface area contributed by atoms with Crippen LogP contribution in [0, 0.1) is 5.92 Å². The highest BCUT2D eigenvalue weighted by Gasteiger charge is 2.16. The zero-order valence-corrected chi connectivity index (χ0v) is 19.3. The Hall–Kier alpha value is -0.910. The topological polar surface area (TPSA) is 75.9 Å². The van der Waals surface area contributed by atoms with Crippen LogP contribution < -0.4 is 10.6 Å². The van der Waals surface area contributed by atoms with Gasteiger partial charge in [-0.25, -0.2) is 0 Å². The molecule has 0 bridgehead atoms. The molecule has 1 aliphatic rings. The number of nitrogens with zero attached hydrogens (tertiary/aromatic N) is 4. The van der Waals surface area contributed by atoms with Crippen molar-refractivity contribution in [2.24, 2.45) is 18.0 Å². The number of guanidine groups is 1. The van der Waals surface area contributed by atoms with E-state index in [-0.39, 0.29) is 30.0 Å². The number of hydrogen-bond acceptors (Lipinski definition) is 5. The van der Waals surface area contributed by atoms with Crippen LogP contribution in [0.3, 0.4) is 0 Å². The van der Waals surface area contributed by atoms with E-state index in [1.165, 1.54) is 5.56 Å². The molecule has 2 unspecified atom stereocenters. The van der Waals surface area contributed by atoms with Gasteiger partial charge in [0.15, 0.2) is 5.96 Å². The number of rotatable bonds is 10. The number of ether oxygens (including phenoxy) is 2. The molecule has 0 aliphatic carbocycles. The molecule has 1 saturated heterocycles. The largest absolute Gasteiger partial charge is 0.381 e. The average molecular weight is 494 g/mol. The number of aryl methyl sites for hydroxylation is 1. The number of halogens is 1. The van der Waals surface area contributed by atoms with Gasteiger partial charge in [0, 0.05) is 58.1 Å². The lowest BCUT2D eigenvalue weighted by Gasteiger charge is -2.24. The van der Waals surface area contributed by atoms with Crippen LogP contribution in [0.15, 0.2) is 17.4 Å². The molecule has 1 aromatic heterocycles. The SMILES string of the molecule is CN=C(NCCCOCC1CCOC1)NCC(c1cnn(C)c1)N(C)C.I. The molecule has 156 valence electrons. The number of aromatic nitrogens is 2. The van der Waals surface area contributed by atoms with Crippen molar-refractivity contribution in [3.63, 3.8) is 0 Å². The Kier molecular flexibility index (Phi) is 11.9. The van der Waals surface area contributed by atoms with Crippen LogP contribution in [0.2, 0.25) is 0 Å². The van der Waals surface area contributed by atoms with Crippen LogP contribution in [0.4, 0.5) is 0 Å². The Morgan fingerprint density at radius 1 is 1.48 bits per heavy atom. The van der Waals surface area contributed by atoms with Crippen molar-refractivity contribution in [3.8, 4) is 0 Å². The number of aliphatic imine (C=N–C) groups is 1. The van der Waals surface area contributed by atoms with Gasteiger partial charge in [-0.05, 0) is 26.9 Å². The van der Waals surface area contributed by atoms with Crippen LogP contribution in [0.5, 0.6) is 0 Å². The third kappa shape index (κ3) is 8.75. The van der Waals surface area contributed by atoms with E-state index < -0.39 is 0 Å². The van der Waals surface area contributed by atoms with E-state index in [1.54, 1.807) is 7.05 Å². The quantitative estimate of drug-likeness (QED) is 0.221. The van der Waals surface area contributed by atoms with Crippen molar-refractivity contribution < 1.29 is 9.47 Å². The van der Waals surface area contributed by atoms with Crippen LogP contribution in [0.25, 0.3) is 0 Å². The molecule has 0 amide bonds. The molecule has 2 atom stereocenters. The maximum Gasteiger partial charge on any atom is 0.191 e. The molecule has 2 heterocycles. The first-order valence-corrected chi connectivity index (χ1v) is 9.35. The zero-order valence-electron chi connectivity index (χ0n) is 17.0. The van der Waals surface area contributed by atoms with E-state index in [2.05, 4.69) is 45.9 Å². The molecular formula is C18H35IN6O2. The predicted octanol–water partition coefficient (Wildman–Crippen LogP) is 1.25. The first-order valence-electron chi connectivity index (χ1n) is 9.35. The molecule has 2 N–H and O–H groups in total. The third-order valence-corrected chi connectivity index (χ3v) is 4.55. The van der Waals surface area contributed by atoms with Crippen molar-refractivity contribution in [1.29, 1.82) is 0 Å². The summed E-state index contributed by atoms with van der Waals surface area (Å²) in [6.07, 6.45) is 6.04. The first kappa shape index (κ1) is 24.1. The van der Waals surface area contributed by atoms with E-state index in [0.717, 1.165) is 58.3 Å². The van der Waals surface area contributed by atoms with Gasteiger partial charge in [-0.2, -0.15) is 5.10 Å². The molecule has 8 nitrogen and oxygen atoms in total. The van der Waals surface area contributed by atoms with Crippen molar-refractivity contribution in [2.75, 3.05) is 60.7 Å². The minimum absolute atomic E-state index is 0. The number of nitrogens with one attached hydrogen (secondary N) is 2. The second-order valence-electron chi connectivity index (χ2n) is 6.96. The molecule has 0 aromatic carbocycles. The van der Waals surface area contributed by atoms with Crippen LogP contribution in [-0.2, 0) is 16.5 Å². The first-order chi connectivity index (χ1) is 12.6. The number of likely N-dealkylation sites (N-methyl/N-ethyl adjacent to an activating group) is 1. The molecule has 9 heteroatoms. The van der Waals surface area contributed by atoms with Gasteiger partial charge in [-0.3, -0.25) is 9.67 Å². The Bertz CT molecular complexity index is 546. The summed E-state index contributed by atoms with van der Waals surface area (Å²) in [6, 6.07) is 0.235. The maximum absolute atomic E-state index is 5.73. The Morgan fingerprint density at radius 2 is 2.30 bits per heavy atom. The summed E-state index contributed by atoms with van der Waals surface area (Å²) < 4.78 is 12.9. The smallest absolute Gasteiger partial charge is 0.191 e. The highest BCUT2D eigenvalue weighted by molar-refractivity contribution is 14.0. The van der Waals surface area contributed by atoms with E-state index in [0.29, 0.717) is 5.92 Å². The highest BCUT2D eigenvalue weighted by atomic mass is 127. The lowest BCUT2D eigenvalue weighted by Crippen LogP contribution is -2.42. The van der Waals surface area contributed by atoms with Gasteiger partial charge in [-0.15, -0.1) is 24.0 Å². The monoisotopic (exact) mass is 494 g/mol. The Labute approximate surface area is 180 Å². The fraction of sp³-hybridized carbons (Fsp3) is 0.778. The van der Waals surface area contributed by atoms with Gasteiger partial charge in [0.2, 0.25) is 0 Å². The van der Waals surface area contributed by atoms with E-state index in [1.807, 2.05) is 17.9 Å². The lowest BCUT2D eigenvalue weighted by atomic mass is 10.1. The molecule has 1 aromatic rings. The summed E-state index contributed by atoms with van der Waals surface area (Å²) >= 11 is 0. The minimum atomic E-state index is 0. The summed E-state index contributed by atoms with van der Waals surface area (Å²) in [4.78, 5) is 6.48. The fourth-order valence-corrected chi connectivity index (χ4v) is 2.97. The Morgan fingerprint density at radius 3 is 2.89 bits per heavy atom. The molecule has 0 spiro atoms. The maximum atomic E-state index is 5.73. The summed E-state index contributed by atoms with van der Waals surface area (Å²) in [5.41, 5.74) is 1.18. The van der Waals surface area contributed by atoms with Crippen molar-refractivity contribution in [3.05, 3.63) is 18.0 Å². The summed E-state index contributed by atoms with van der Waals surface area (Å²) in [5.74, 6) is 1.39. The van der Waals surface area contributed by atoms with Crippen LogP contribution in [-0.4, -0.2) is 81.3 Å². The van der Waals surface area contributed by atoms with Gasteiger partial charge in [0.25, 0.3) is 0 Å². The summed E-state index contributed by atoms with van der Waals surface area (Å²) in [7, 11) is 7.87. The third-order valence-electron chi connectivity index (χ3n) is 4.55. The number of hydrogen-bond donors (Lipinski definition) is 2. The minimum Gasteiger partial charge on any atom is -0.381 e. The van der Waals surface area contributed by atoms with Crippen LogP contribution >= 0.6 is 24.0 Å². The average Bonchev–Trinajstić information content (AvgIpc) is 3.28. The second kappa shape index (κ2) is 13.3. The lowest BCUT2D eigenvalue weighted by molar-refractivity contribution is 0.0888. The van der Waals surface area contributed by atoms with Crippen molar-refractivity contribution in [1.82, 2.24) is 25.3 Å². The van der Waals surface area contributed by atoms with E-state index in [9.17, 15) is 0 Å². The normalized spacial score (nSPS) is 18.4. The molecule has 0 saturated carbocycles. The van der Waals surface area contributed by atoms with Gasteiger partial charge < -0.3 is 25.0 Å². The van der Waals surface area contributed by atoms with Crippen molar-refractivity contribution in [2.45, 2.75) is 18.9 Å². The second-order valence-corrected chi connectivity index (χ2v) is 6.96. The molecule has 1 aliphatic heterocycles. The van der Waals surface area contributed by atoms with Gasteiger partial charge in [0.05, 0.1) is 25.5 Å². The molecular weight excluding hydrogens is 459 g/mol. The molecule has 2 rings (SSSR count). The summed E-state index contributed by atoms with van der Waals surface area (Å²) in [6.45, 7) is 4.89. The molecule has 27 heavy (non-hydrogen) atoms. The van der Waals surface area contributed by atoms with Crippen LogP contribution in [0.1, 0.15) is 24.4 Å². The Balaban J connectivity index is 0.00000364. The molecule has 1 fully saturated rings. The van der Waals surface area contributed by atoms with Gasteiger partial charge >= 0.3 is 0 Å². The fourth-order valence-electron chi connectivity index (χ4n) is 2.97. The zero-order chi connectivity index (χ0) is 18.8. The highest BCUT2D eigenvalue weighted by Crippen LogP contribution is 2.16. The van der Waals surface area contributed by atoms with E-state index in [4.69, 9.17) is 9.47 Å². The molecule has 0 radical (unpaired) electrons. The summed E-state index contributed by atoms with van der Waals surface area (Å²) in [5, 5.41) is 11.0. The van der Waals surface area contributed by atoms with Crippen molar-refractivity contribution >= 4 is 29.9 Å². The van der Waals surface area contributed by atoms with Gasteiger partial charge in [0.1, 0.15) is 0 Å². The standard InChI is InChI=1S/C18H34N6O2.HI/c1-19-18(20-7-5-8-25-13-15-6-9-26-14-15)21-11-17(23(2)3)16-10-22-24(4)12-16;/h10,12,15,17H,5-9,11,13-14H2,1-4H3,(H2,19,20,21);1H. The van der Waals surface area contributed by atoms with E-state index >= 15 is 0 Å². The predicted molar refractivity (Wildman–Crippen MR) is 119 cm³/mol. The van der Waals surface area contributed by atoms with Gasteiger partial charge in [-0.1, -0.05) is 0 Å².